The van der Waals surface area contributed by atoms with Gasteiger partial charge in [0.15, 0.2) is 18.1 Å². The molecule has 0 atom stereocenters. The Kier molecular flexibility index (Phi) is 7.05. The molecule has 1 heterocycles. The highest BCUT2D eigenvalue weighted by Crippen LogP contribution is 2.27. The first kappa shape index (κ1) is 22.1. The zero-order valence-electron chi connectivity index (χ0n) is 18.8. The molecule has 1 N–H and O–H groups in total. The quantitative estimate of drug-likeness (QED) is 0.296. The van der Waals surface area contributed by atoms with Crippen LogP contribution < -0.4 is 14.9 Å². The Labute approximate surface area is 193 Å². The number of fused-ring (bicyclic) bond motifs is 1. The van der Waals surface area contributed by atoms with Crippen molar-refractivity contribution in [3.8, 4) is 11.5 Å². The Morgan fingerprint density at radius 3 is 2.36 bits per heavy atom. The minimum absolute atomic E-state index is 0.157. The second kappa shape index (κ2) is 10.5. The van der Waals surface area contributed by atoms with Gasteiger partial charge < -0.3 is 14.0 Å². The van der Waals surface area contributed by atoms with Crippen LogP contribution in [0.1, 0.15) is 23.7 Å². The van der Waals surface area contributed by atoms with Crippen molar-refractivity contribution in [3.63, 3.8) is 0 Å². The molecule has 0 aliphatic rings. The van der Waals surface area contributed by atoms with Crippen molar-refractivity contribution in [1.82, 2.24) is 9.99 Å². The van der Waals surface area contributed by atoms with Gasteiger partial charge in [0.25, 0.3) is 5.91 Å². The Hall–Kier alpha value is -4.06. The largest absolute Gasteiger partial charge is 0.490 e. The van der Waals surface area contributed by atoms with Crippen molar-refractivity contribution in [3.05, 3.63) is 95.7 Å². The van der Waals surface area contributed by atoms with Crippen molar-refractivity contribution < 1.29 is 14.3 Å². The fourth-order valence-corrected chi connectivity index (χ4v) is 3.78. The van der Waals surface area contributed by atoms with Crippen molar-refractivity contribution in [2.24, 2.45) is 5.10 Å². The summed E-state index contributed by atoms with van der Waals surface area (Å²) in [5, 5.41) is 5.28. The number of aromatic nitrogens is 1. The molecule has 0 unspecified atom stereocenters. The van der Waals surface area contributed by atoms with E-state index in [0.29, 0.717) is 18.1 Å². The second-order valence-electron chi connectivity index (χ2n) is 7.55. The lowest BCUT2D eigenvalue weighted by molar-refractivity contribution is -0.123. The molecule has 0 spiro atoms. The first-order valence-electron chi connectivity index (χ1n) is 11.0. The topological polar surface area (TPSA) is 64.8 Å². The molecule has 0 saturated carbocycles. The Morgan fingerprint density at radius 1 is 0.939 bits per heavy atom. The molecule has 1 amide bonds. The molecule has 168 valence electrons. The van der Waals surface area contributed by atoms with Gasteiger partial charge in [-0.1, -0.05) is 60.7 Å². The third-order valence-electron chi connectivity index (χ3n) is 5.35. The third kappa shape index (κ3) is 5.23. The number of hydrazone groups is 1. The van der Waals surface area contributed by atoms with E-state index in [1.807, 2.05) is 55.5 Å². The van der Waals surface area contributed by atoms with Crippen LogP contribution in [0.3, 0.4) is 0 Å². The van der Waals surface area contributed by atoms with E-state index in [4.69, 9.17) is 9.47 Å². The lowest BCUT2D eigenvalue weighted by Crippen LogP contribution is -2.24. The van der Waals surface area contributed by atoms with Gasteiger partial charge in [-0.25, -0.2) is 5.43 Å². The summed E-state index contributed by atoms with van der Waals surface area (Å²) < 4.78 is 13.4. The van der Waals surface area contributed by atoms with E-state index in [2.05, 4.69) is 46.3 Å². The third-order valence-corrected chi connectivity index (χ3v) is 5.35. The number of benzene rings is 3. The maximum Gasteiger partial charge on any atom is 0.277 e. The number of para-hydroxylation sites is 3. The lowest BCUT2D eigenvalue weighted by Gasteiger charge is -2.10. The van der Waals surface area contributed by atoms with Gasteiger partial charge in [0.2, 0.25) is 0 Å². The van der Waals surface area contributed by atoms with E-state index in [1.54, 1.807) is 12.3 Å². The van der Waals surface area contributed by atoms with Crippen LogP contribution in [0, 0.1) is 6.92 Å². The maximum atomic E-state index is 12.3. The average Bonchev–Trinajstić information content (AvgIpc) is 3.10. The van der Waals surface area contributed by atoms with E-state index in [1.165, 1.54) is 5.56 Å². The van der Waals surface area contributed by atoms with Gasteiger partial charge in [-0.05, 0) is 37.6 Å². The maximum absolute atomic E-state index is 12.3. The fourth-order valence-electron chi connectivity index (χ4n) is 3.78. The predicted molar refractivity (Wildman–Crippen MR) is 131 cm³/mol. The number of hydrogen-bond donors (Lipinski definition) is 1. The van der Waals surface area contributed by atoms with Gasteiger partial charge in [0.05, 0.1) is 12.8 Å². The van der Waals surface area contributed by atoms with Crippen LogP contribution in [0.5, 0.6) is 11.5 Å². The SMILES string of the molecule is CCOc1ccccc1OCC(=O)N/N=C\c1c(C)n(Cc2ccccc2)c2ccccc12. The van der Waals surface area contributed by atoms with Gasteiger partial charge in [-0.2, -0.15) is 5.10 Å². The van der Waals surface area contributed by atoms with Crippen molar-refractivity contribution >= 4 is 23.0 Å². The zero-order valence-corrected chi connectivity index (χ0v) is 18.8. The van der Waals surface area contributed by atoms with Crippen LogP contribution in [0.15, 0.2) is 84.0 Å². The summed E-state index contributed by atoms with van der Waals surface area (Å²) >= 11 is 0. The summed E-state index contributed by atoms with van der Waals surface area (Å²) in [6, 6.07) is 25.8. The Balaban J connectivity index is 1.46. The molecule has 0 fully saturated rings. The van der Waals surface area contributed by atoms with Crippen LogP contribution in [-0.2, 0) is 11.3 Å². The van der Waals surface area contributed by atoms with Crippen LogP contribution in [-0.4, -0.2) is 29.9 Å². The summed E-state index contributed by atoms with van der Waals surface area (Å²) in [4.78, 5) is 12.3. The summed E-state index contributed by atoms with van der Waals surface area (Å²) in [6.07, 6.45) is 1.70. The summed E-state index contributed by atoms with van der Waals surface area (Å²) in [5.74, 6) is 0.791. The van der Waals surface area contributed by atoms with Crippen LogP contribution in [0.2, 0.25) is 0 Å². The number of carbonyl (C=O) groups excluding carboxylic acids is 1. The molecule has 33 heavy (non-hydrogen) atoms. The Morgan fingerprint density at radius 2 is 1.61 bits per heavy atom. The molecule has 0 radical (unpaired) electrons. The molecular weight excluding hydrogens is 414 g/mol. The lowest BCUT2D eigenvalue weighted by atomic mass is 10.1. The Bertz CT molecular complexity index is 1260. The van der Waals surface area contributed by atoms with E-state index in [9.17, 15) is 4.79 Å². The smallest absolute Gasteiger partial charge is 0.277 e. The highest BCUT2D eigenvalue weighted by atomic mass is 16.5. The molecule has 6 nitrogen and oxygen atoms in total. The van der Waals surface area contributed by atoms with Crippen LogP contribution in [0.25, 0.3) is 10.9 Å². The van der Waals surface area contributed by atoms with Gasteiger partial charge in [-0.3, -0.25) is 4.79 Å². The fraction of sp³-hybridized carbons (Fsp3) is 0.185. The molecule has 0 aliphatic heterocycles. The van der Waals surface area contributed by atoms with E-state index in [-0.39, 0.29) is 12.5 Å². The predicted octanol–water partition coefficient (Wildman–Crippen LogP) is 4.93. The van der Waals surface area contributed by atoms with Crippen LogP contribution in [0.4, 0.5) is 0 Å². The molecule has 0 bridgehead atoms. The van der Waals surface area contributed by atoms with Gasteiger partial charge in [0.1, 0.15) is 0 Å². The molecule has 1 aromatic heterocycles. The van der Waals surface area contributed by atoms with E-state index >= 15 is 0 Å². The number of nitrogens with zero attached hydrogens (tertiary/aromatic N) is 2. The summed E-state index contributed by atoms with van der Waals surface area (Å²) in [6.45, 7) is 5.10. The molecule has 6 heteroatoms. The van der Waals surface area contributed by atoms with Crippen LogP contribution >= 0.6 is 0 Å². The van der Waals surface area contributed by atoms with Gasteiger partial charge in [-0.15, -0.1) is 0 Å². The molecule has 0 aliphatic carbocycles. The molecule has 4 aromatic rings. The normalized spacial score (nSPS) is 11.1. The molecule has 3 aromatic carbocycles. The van der Waals surface area contributed by atoms with Gasteiger partial charge in [0, 0.05) is 28.7 Å². The zero-order chi connectivity index (χ0) is 23.0. The first-order chi connectivity index (χ1) is 16.2. The minimum atomic E-state index is -0.344. The van der Waals surface area contributed by atoms with Crippen molar-refractivity contribution in [1.29, 1.82) is 0 Å². The number of ether oxygens (including phenoxy) is 2. The first-order valence-corrected chi connectivity index (χ1v) is 11.0. The van der Waals surface area contributed by atoms with Crippen molar-refractivity contribution in [2.45, 2.75) is 20.4 Å². The van der Waals surface area contributed by atoms with Gasteiger partial charge >= 0.3 is 0 Å². The highest BCUT2D eigenvalue weighted by molar-refractivity contribution is 6.01. The monoisotopic (exact) mass is 441 g/mol. The number of nitrogens with one attached hydrogen (secondary N) is 1. The van der Waals surface area contributed by atoms with E-state index < -0.39 is 0 Å². The number of hydrogen-bond acceptors (Lipinski definition) is 4. The van der Waals surface area contributed by atoms with E-state index in [0.717, 1.165) is 28.7 Å². The standard InChI is InChI=1S/C27H27N3O3/c1-3-32-25-15-9-10-16-26(25)33-19-27(31)29-28-17-23-20(2)30(18-21-11-5-4-6-12-21)24-14-8-7-13-22(23)24/h4-17H,3,18-19H2,1-2H3,(H,29,31)/b28-17-. The molecule has 0 saturated heterocycles. The second-order valence-corrected chi connectivity index (χ2v) is 7.55. The number of carbonyl (C=O) groups is 1. The molecule has 4 rings (SSSR count). The van der Waals surface area contributed by atoms with Crippen molar-refractivity contribution in [2.75, 3.05) is 13.2 Å². The number of amides is 1. The average molecular weight is 442 g/mol. The minimum Gasteiger partial charge on any atom is -0.490 e. The molecular formula is C27H27N3O3. The highest BCUT2D eigenvalue weighted by Gasteiger charge is 2.13. The summed E-state index contributed by atoms with van der Waals surface area (Å²) in [7, 11) is 0. The summed E-state index contributed by atoms with van der Waals surface area (Å²) in [5.41, 5.74) is 6.97. The number of rotatable bonds is 9.